The van der Waals surface area contributed by atoms with Crippen molar-refractivity contribution in [1.29, 1.82) is 0 Å². The molecule has 26 heavy (non-hydrogen) atoms. The molecule has 0 aliphatic rings. The molecule has 0 aromatic heterocycles. The SMILES string of the molecule is O=C(O)CCCCCCNc1ccccc1OCCCCCCC(=O)O. The molecule has 6 nitrogen and oxygen atoms in total. The maximum absolute atomic E-state index is 10.4. The molecule has 0 radical (unpaired) electrons. The fraction of sp³-hybridized carbons (Fsp3) is 0.600. The Bertz CT molecular complexity index is 486. The third kappa shape index (κ3) is 11.3. The van der Waals surface area contributed by atoms with Crippen molar-refractivity contribution in [2.45, 2.75) is 64.2 Å². The number of carboxylic acids is 2. The molecule has 1 aromatic rings. The first-order chi connectivity index (χ1) is 12.6. The van der Waals surface area contributed by atoms with E-state index in [9.17, 15) is 9.59 Å². The average molecular weight is 365 g/mol. The van der Waals surface area contributed by atoms with Gasteiger partial charge in [-0.05, 0) is 37.8 Å². The lowest BCUT2D eigenvalue weighted by Gasteiger charge is -2.13. The van der Waals surface area contributed by atoms with Gasteiger partial charge in [-0.1, -0.05) is 37.8 Å². The zero-order valence-corrected chi connectivity index (χ0v) is 15.4. The van der Waals surface area contributed by atoms with Crippen molar-refractivity contribution in [1.82, 2.24) is 0 Å². The number of nitrogens with one attached hydrogen (secondary N) is 1. The summed E-state index contributed by atoms with van der Waals surface area (Å²) in [6, 6.07) is 7.85. The molecule has 0 atom stereocenters. The highest BCUT2D eigenvalue weighted by atomic mass is 16.5. The van der Waals surface area contributed by atoms with Gasteiger partial charge in [0.1, 0.15) is 5.75 Å². The predicted molar refractivity (Wildman–Crippen MR) is 102 cm³/mol. The van der Waals surface area contributed by atoms with Gasteiger partial charge in [0, 0.05) is 19.4 Å². The normalized spacial score (nSPS) is 10.5. The molecule has 0 aliphatic heterocycles. The van der Waals surface area contributed by atoms with E-state index in [4.69, 9.17) is 14.9 Å². The molecule has 6 heteroatoms. The van der Waals surface area contributed by atoms with Crippen LogP contribution in [0.2, 0.25) is 0 Å². The van der Waals surface area contributed by atoms with E-state index in [2.05, 4.69) is 5.32 Å². The molecule has 0 unspecified atom stereocenters. The summed E-state index contributed by atoms with van der Waals surface area (Å²) in [6.45, 7) is 1.46. The smallest absolute Gasteiger partial charge is 0.303 e. The van der Waals surface area contributed by atoms with Gasteiger partial charge in [-0.3, -0.25) is 9.59 Å². The minimum Gasteiger partial charge on any atom is -0.491 e. The second kappa shape index (κ2) is 14.0. The van der Waals surface area contributed by atoms with Crippen LogP contribution in [0.15, 0.2) is 24.3 Å². The standard InChI is InChI=1S/C20H31NO5/c22-19(23)13-5-1-3-9-15-21-17-11-7-8-12-18(17)26-16-10-4-2-6-14-20(24)25/h7-8,11-12,21H,1-6,9-10,13-16H2,(H,22,23)(H,24,25). The van der Waals surface area contributed by atoms with Gasteiger partial charge in [0.25, 0.3) is 0 Å². The van der Waals surface area contributed by atoms with E-state index in [-0.39, 0.29) is 12.8 Å². The number of aliphatic carboxylic acids is 2. The summed E-state index contributed by atoms with van der Waals surface area (Å²) in [6.07, 6.45) is 7.70. The molecular weight excluding hydrogens is 334 g/mol. The van der Waals surface area contributed by atoms with Gasteiger partial charge in [-0.2, -0.15) is 0 Å². The van der Waals surface area contributed by atoms with Crippen molar-refractivity contribution in [2.24, 2.45) is 0 Å². The zero-order valence-electron chi connectivity index (χ0n) is 15.4. The van der Waals surface area contributed by atoms with Crippen LogP contribution in [0.25, 0.3) is 0 Å². The van der Waals surface area contributed by atoms with Crippen molar-refractivity contribution in [3.63, 3.8) is 0 Å². The first-order valence-corrected chi connectivity index (χ1v) is 9.49. The highest BCUT2D eigenvalue weighted by Crippen LogP contribution is 2.24. The molecule has 0 heterocycles. The number of carboxylic acid groups (broad SMARTS) is 2. The maximum Gasteiger partial charge on any atom is 0.303 e. The monoisotopic (exact) mass is 365 g/mol. The molecule has 0 bridgehead atoms. The van der Waals surface area contributed by atoms with Crippen LogP contribution in [0.4, 0.5) is 5.69 Å². The van der Waals surface area contributed by atoms with E-state index in [0.29, 0.717) is 6.61 Å². The Hall–Kier alpha value is -2.24. The Morgan fingerprint density at radius 3 is 2.04 bits per heavy atom. The van der Waals surface area contributed by atoms with E-state index in [1.54, 1.807) is 0 Å². The maximum atomic E-state index is 10.4. The van der Waals surface area contributed by atoms with Crippen molar-refractivity contribution in [3.05, 3.63) is 24.3 Å². The Morgan fingerprint density at radius 1 is 0.808 bits per heavy atom. The van der Waals surface area contributed by atoms with Crippen molar-refractivity contribution in [3.8, 4) is 5.75 Å². The average Bonchev–Trinajstić information content (AvgIpc) is 2.60. The fourth-order valence-electron chi connectivity index (χ4n) is 2.63. The lowest BCUT2D eigenvalue weighted by molar-refractivity contribution is -0.138. The topological polar surface area (TPSA) is 95.9 Å². The van der Waals surface area contributed by atoms with Gasteiger partial charge in [0.15, 0.2) is 0 Å². The number of ether oxygens (including phenoxy) is 1. The highest BCUT2D eigenvalue weighted by molar-refractivity contribution is 5.66. The van der Waals surface area contributed by atoms with E-state index >= 15 is 0 Å². The van der Waals surface area contributed by atoms with Crippen LogP contribution in [0.5, 0.6) is 5.75 Å². The molecule has 1 aromatic carbocycles. The zero-order chi connectivity index (χ0) is 19.0. The number of anilines is 1. The molecule has 0 fully saturated rings. The van der Waals surface area contributed by atoms with Crippen molar-refractivity contribution >= 4 is 17.6 Å². The molecule has 0 aliphatic carbocycles. The molecule has 0 saturated heterocycles. The molecule has 0 amide bonds. The minimum absolute atomic E-state index is 0.240. The van der Waals surface area contributed by atoms with Crippen LogP contribution in [0.3, 0.4) is 0 Å². The highest BCUT2D eigenvalue weighted by Gasteiger charge is 2.03. The molecular formula is C20H31NO5. The third-order valence-electron chi connectivity index (χ3n) is 4.06. The summed E-state index contributed by atoms with van der Waals surface area (Å²) < 4.78 is 5.84. The number of hydrogen-bond donors (Lipinski definition) is 3. The van der Waals surface area contributed by atoms with E-state index < -0.39 is 11.9 Å². The quantitative estimate of drug-likeness (QED) is 0.372. The summed E-state index contributed by atoms with van der Waals surface area (Å²) in [7, 11) is 0. The Morgan fingerprint density at radius 2 is 1.38 bits per heavy atom. The van der Waals surface area contributed by atoms with Crippen LogP contribution < -0.4 is 10.1 Å². The Kier molecular flexibility index (Phi) is 11.7. The summed E-state index contributed by atoms with van der Waals surface area (Å²) in [5.41, 5.74) is 0.976. The largest absolute Gasteiger partial charge is 0.491 e. The van der Waals surface area contributed by atoms with Gasteiger partial charge in [-0.25, -0.2) is 0 Å². The van der Waals surface area contributed by atoms with Gasteiger partial charge >= 0.3 is 11.9 Å². The lowest BCUT2D eigenvalue weighted by atomic mass is 10.1. The van der Waals surface area contributed by atoms with Crippen LogP contribution in [0, 0.1) is 0 Å². The summed E-state index contributed by atoms with van der Waals surface area (Å²) in [4.78, 5) is 20.9. The summed E-state index contributed by atoms with van der Waals surface area (Å²) >= 11 is 0. The van der Waals surface area contributed by atoms with Crippen molar-refractivity contribution < 1.29 is 24.5 Å². The van der Waals surface area contributed by atoms with Crippen LogP contribution in [-0.4, -0.2) is 35.3 Å². The number of para-hydroxylation sites is 2. The predicted octanol–water partition coefficient (Wildman–Crippen LogP) is 4.55. The first-order valence-electron chi connectivity index (χ1n) is 9.49. The molecule has 3 N–H and O–H groups in total. The number of benzene rings is 1. The van der Waals surface area contributed by atoms with Gasteiger partial charge < -0.3 is 20.3 Å². The second-order valence-corrected chi connectivity index (χ2v) is 6.39. The van der Waals surface area contributed by atoms with Crippen LogP contribution in [0.1, 0.15) is 64.2 Å². The van der Waals surface area contributed by atoms with E-state index in [1.807, 2.05) is 24.3 Å². The van der Waals surface area contributed by atoms with Crippen LogP contribution >= 0.6 is 0 Å². The van der Waals surface area contributed by atoms with Crippen molar-refractivity contribution in [2.75, 3.05) is 18.5 Å². The molecule has 0 saturated carbocycles. The second-order valence-electron chi connectivity index (χ2n) is 6.39. The van der Waals surface area contributed by atoms with Gasteiger partial charge in [0.05, 0.1) is 12.3 Å². The molecule has 146 valence electrons. The fourth-order valence-corrected chi connectivity index (χ4v) is 2.63. The summed E-state index contributed by atoms with van der Waals surface area (Å²) in [5, 5.41) is 20.6. The van der Waals surface area contributed by atoms with E-state index in [1.165, 1.54) is 0 Å². The third-order valence-corrected chi connectivity index (χ3v) is 4.06. The molecule has 0 spiro atoms. The number of hydrogen-bond acceptors (Lipinski definition) is 4. The van der Waals surface area contributed by atoms with E-state index in [0.717, 1.165) is 69.3 Å². The Balaban J connectivity index is 2.15. The first kappa shape index (κ1) is 21.8. The number of rotatable bonds is 16. The van der Waals surface area contributed by atoms with Gasteiger partial charge in [-0.15, -0.1) is 0 Å². The van der Waals surface area contributed by atoms with Crippen LogP contribution in [-0.2, 0) is 9.59 Å². The lowest BCUT2D eigenvalue weighted by Crippen LogP contribution is -2.05. The Labute approximate surface area is 155 Å². The number of unbranched alkanes of at least 4 members (excludes halogenated alkanes) is 6. The number of carbonyl (C=O) groups is 2. The summed E-state index contributed by atoms with van der Waals surface area (Å²) in [5.74, 6) is -0.622. The molecule has 1 rings (SSSR count). The van der Waals surface area contributed by atoms with Gasteiger partial charge in [0.2, 0.25) is 0 Å². The minimum atomic E-state index is -0.733.